The monoisotopic (exact) mass is 332 g/mol. The molecule has 0 spiro atoms. The number of imidazole rings is 1. The Hall–Kier alpha value is -3.15. The van der Waals surface area contributed by atoms with Crippen LogP contribution >= 0.6 is 0 Å². The zero-order chi connectivity index (χ0) is 17.4. The lowest BCUT2D eigenvalue weighted by Gasteiger charge is -2.15. The molecule has 4 rings (SSSR count). The first kappa shape index (κ1) is 15.4. The zero-order valence-electron chi connectivity index (χ0n) is 14.5. The molecule has 0 fully saturated rings. The van der Waals surface area contributed by atoms with Crippen LogP contribution in [-0.4, -0.2) is 24.6 Å². The summed E-state index contributed by atoms with van der Waals surface area (Å²) in [6, 6.07) is 12.2. The van der Waals surface area contributed by atoms with Gasteiger partial charge in [-0.25, -0.2) is 9.97 Å². The molecular weight excluding hydrogens is 312 g/mol. The number of rotatable bonds is 4. The van der Waals surface area contributed by atoms with E-state index in [1.807, 2.05) is 41.9 Å². The number of aromatic nitrogens is 5. The highest BCUT2D eigenvalue weighted by molar-refractivity contribution is 5.68. The van der Waals surface area contributed by atoms with Crippen LogP contribution in [0, 0.1) is 13.8 Å². The van der Waals surface area contributed by atoms with Gasteiger partial charge in [-0.15, -0.1) is 0 Å². The van der Waals surface area contributed by atoms with Crippen LogP contribution in [0.2, 0.25) is 0 Å². The molecule has 126 valence electrons. The molecule has 1 aromatic carbocycles. The van der Waals surface area contributed by atoms with Crippen LogP contribution < -0.4 is 5.32 Å². The third-order valence-electron chi connectivity index (χ3n) is 4.42. The second-order valence-electron chi connectivity index (χ2n) is 6.18. The van der Waals surface area contributed by atoms with Crippen molar-refractivity contribution in [1.82, 2.24) is 24.6 Å². The number of aryl methyl sites for hydroxylation is 2. The Morgan fingerprint density at radius 3 is 2.68 bits per heavy atom. The van der Waals surface area contributed by atoms with Gasteiger partial charge in [0.25, 0.3) is 0 Å². The minimum atomic E-state index is 0.0223. The molecule has 0 saturated carbocycles. The summed E-state index contributed by atoms with van der Waals surface area (Å²) in [4.78, 5) is 12.3. The maximum Gasteiger partial charge on any atom is 0.161 e. The molecule has 0 aliphatic rings. The quantitative estimate of drug-likeness (QED) is 0.594. The zero-order valence-corrected chi connectivity index (χ0v) is 14.5. The summed E-state index contributed by atoms with van der Waals surface area (Å²) in [7, 11) is 0. The van der Waals surface area contributed by atoms with Gasteiger partial charge in [-0.05, 0) is 20.8 Å². The molecule has 3 aromatic heterocycles. The highest BCUT2D eigenvalue weighted by atomic mass is 15.3. The molecule has 0 amide bonds. The Labute approximate surface area is 146 Å². The van der Waals surface area contributed by atoms with E-state index >= 15 is 0 Å². The van der Waals surface area contributed by atoms with Crippen molar-refractivity contribution in [3.63, 3.8) is 0 Å². The van der Waals surface area contributed by atoms with Crippen LogP contribution in [0.1, 0.15) is 30.0 Å². The number of fused-ring (bicyclic) bond motifs is 1. The van der Waals surface area contributed by atoms with Crippen molar-refractivity contribution in [2.75, 3.05) is 5.32 Å². The summed E-state index contributed by atoms with van der Waals surface area (Å²) in [5.41, 5.74) is 4.94. The number of benzene rings is 1. The van der Waals surface area contributed by atoms with Crippen molar-refractivity contribution in [2.24, 2.45) is 0 Å². The van der Waals surface area contributed by atoms with Crippen molar-refractivity contribution in [1.29, 1.82) is 0 Å². The van der Waals surface area contributed by atoms with Crippen LogP contribution in [0.5, 0.6) is 0 Å². The van der Waals surface area contributed by atoms with Crippen molar-refractivity contribution < 1.29 is 0 Å². The molecule has 0 unspecified atom stereocenters. The molecule has 6 nitrogen and oxygen atoms in total. The van der Waals surface area contributed by atoms with Gasteiger partial charge in [-0.2, -0.15) is 9.61 Å². The Balaban J connectivity index is 1.85. The normalized spacial score (nSPS) is 12.4. The molecule has 2 N–H and O–H groups in total. The first-order valence-corrected chi connectivity index (χ1v) is 8.31. The fraction of sp³-hybridized carbons (Fsp3) is 0.211. The molecule has 0 bridgehead atoms. The van der Waals surface area contributed by atoms with Gasteiger partial charge in [0.15, 0.2) is 5.65 Å². The third-order valence-corrected chi connectivity index (χ3v) is 4.42. The van der Waals surface area contributed by atoms with Gasteiger partial charge in [0.1, 0.15) is 11.6 Å². The lowest BCUT2D eigenvalue weighted by atomic mass is 10.1. The van der Waals surface area contributed by atoms with E-state index in [0.29, 0.717) is 0 Å². The predicted molar refractivity (Wildman–Crippen MR) is 98.5 cm³/mol. The molecule has 25 heavy (non-hydrogen) atoms. The topological polar surface area (TPSA) is 70.9 Å². The van der Waals surface area contributed by atoms with Gasteiger partial charge in [0.2, 0.25) is 0 Å². The molecule has 0 aliphatic carbocycles. The van der Waals surface area contributed by atoms with E-state index in [9.17, 15) is 0 Å². The second-order valence-corrected chi connectivity index (χ2v) is 6.18. The number of H-pyrrole nitrogens is 1. The second kappa shape index (κ2) is 6.05. The molecule has 0 aliphatic heterocycles. The van der Waals surface area contributed by atoms with E-state index in [-0.39, 0.29) is 6.04 Å². The van der Waals surface area contributed by atoms with Crippen molar-refractivity contribution >= 4 is 11.5 Å². The summed E-state index contributed by atoms with van der Waals surface area (Å²) < 4.78 is 1.87. The lowest BCUT2D eigenvalue weighted by Crippen LogP contribution is -2.12. The van der Waals surface area contributed by atoms with Gasteiger partial charge in [0, 0.05) is 29.6 Å². The van der Waals surface area contributed by atoms with Gasteiger partial charge < -0.3 is 10.3 Å². The van der Waals surface area contributed by atoms with E-state index in [2.05, 4.69) is 46.4 Å². The maximum absolute atomic E-state index is 4.83. The molecule has 3 heterocycles. The minimum absolute atomic E-state index is 0.0223. The Morgan fingerprint density at radius 1 is 1.16 bits per heavy atom. The van der Waals surface area contributed by atoms with Gasteiger partial charge >= 0.3 is 0 Å². The molecule has 4 aromatic rings. The lowest BCUT2D eigenvalue weighted by molar-refractivity contribution is 0.786. The Kier molecular flexibility index (Phi) is 3.72. The van der Waals surface area contributed by atoms with Crippen LogP contribution in [0.3, 0.4) is 0 Å². The first-order chi connectivity index (χ1) is 12.1. The van der Waals surface area contributed by atoms with E-state index < -0.39 is 0 Å². The SMILES string of the molecule is Cc1nn2c(N[C@@H](C)c3ncc[nH]3)cc(-c3ccccc3)nc2c1C. The van der Waals surface area contributed by atoms with Gasteiger partial charge in [-0.3, -0.25) is 0 Å². The van der Waals surface area contributed by atoms with Crippen LogP contribution in [0.4, 0.5) is 5.82 Å². The van der Waals surface area contributed by atoms with E-state index in [0.717, 1.165) is 39.8 Å². The molecule has 0 saturated heterocycles. The number of hydrogen-bond acceptors (Lipinski definition) is 4. The highest BCUT2D eigenvalue weighted by Gasteiger charge is 2.16. The van der Waals surface area contributed by atoms with E-state index in [1.54, 1.807) is 6.20 Å². The number of nitrogens with one attached hydrogen (secondary N) is 2. The average Bonchev–Trinajstić information content (AvgIpc) is 3.26. The largest absolute Gasteiger partial charge is 0.360 e. The first-order valence-electron chi connectivity index (χ1n) is 8.31. The molecular formula is C19H20N6. The average molecular weight is 332 g/mol. The van der Waals surface area contributed by atoms with Crippen molar-refractivity contribution in [3.05, 3.63) is 65.9 Å². The molecule has 0 radical (unpaired) electrons. The van der Waals surface area contributed by atoms with Crippen LogP contribution in [0.25, 0.3) is 16.9 Å². The van der Waals surface area contributed by atoms with E-state index in [4.69, 9.17) is 4.98 Å². The fourth-order valence-electron chi connectivity index (χ4n) is 2.89. The van der Waals surface area contributed by atoms with Gasteiger partial charge in [-0.1, -0.05) is 30.3 Å². The standard InChI is InChI=1S/C19H20N6/c1-12-13(2)24-25-17(22-14(3)18-20-9-10-21-18)11-16(23-19(12)25)15-7-5-4-6-8-15/h4-11,14,22H,1-3H3,(H,20,21)/t14-/m0/s1. The fourth-order valence-corrected chi connectivity index (χ4v) is 2.89. The summed E-state index contributed by atoms with van der Waals surface area (Å²) >= 11 is 0. The summed E-state index contributed by atoms with van der Waals surface area (Å²) in [6.07, 6.45) is 3.58. The number of hydrogen-bond donors (Lipinski definition) is 2. The number of aromatic amines is 1. The smallest absolute Gasteiger partial charge is 0.161 e. The van der Waals surface area contributed by atoms with Crippen molar-refractivity contribution in [2.45, 2.75) is 26.8 Å². The minimum Gasteiger partial charge on any atom is -0.360 e. The Bertz CT molecular complexity index is 1000. The Morgan fingerprint density at radius 2 is 1.96 bits per heavy atom. The van der Waals surface area contributed by atoms with Crippen LogP contribution in [0.15, 0.2) is 48.8 Å². The van der Waals surface area contributed by atoms with Crippen LogP contribution in [-0.2, 0) is 0 Å². The number of nitrogens with zero attached hydrogens (tertiary/aromatic N) is 4. The maximum atomic E-state index is 4.83. The molecule has 6 heteroatoms. The predicted octanol–water partition coefficient (Wildman–Crippen LogP) is 3.91. The number of anilines is 1. The summed E-state index contributed by atoms with van der Waals surface area (Å²) in [5, 5.41) is 8.15. The van der Waals surface area contributed by atoms with Crippen molar-refractivity contribution in [3.8, 4) is 11.3 Å². The van der Waals surface area contributed by atoms with E-state index in [1.165, 1.54) is 0 Å². The van der Waals surface area contributed by atoms with Gasteiger partial charge in [0.05, 0.1) is 17.4 Å². The summed E-state index contributed by atoms with van der Waals surface area (Å²) in [6.45, 7) is 6.13. The summed E-state index contributed by atoms with van der Waals surface area (Å²) in [5.74, 6) is 1.77. The molecule has 1 atom stereocenters. The highest BCUT2D eigenvalue weighted by Crippen LogP contribution is 2.26. The third kappa shape index (κ3) is 2.76.